The minimum atomic E-state index is -3.71. The minimum absolute atomic E-state index is 0.0312. The van der Waals surface area contributed by atoms with Crippen LogP contribution in [-0.4, -0.2) is 55.1 Å². The number of carbonyl (C=O) groups excluding carboxylic acids is 3. The Morgan fingerprint density at radius 3 is 2.35 bits per heavy atom. The van der Waals surface area contributed by atoms with Crippen molar-refractivity contribution in [3.05, 3.63) is 59.7 Å². The van der Waals surface area contributed by atoms with Crippen molar-refractivity contribution >= 4 is 33.6 Å². The number of nitrogens with one attached hydrogen (secondary N) is 2. The summed E-state index contributed by atoms with van der Waals surface area (Å²) in [6.45, 7) is 3.99. The molecule has 0 bridgehead atoms. The zero-order valence-corrected chi connectivity index (χ0v) is 19.7. The van der Waals surface area contributed by atoms with E-state index in [0.29, 0.717) is 4.90 Å². The fourth-order valence-corrected chi connectivity index (χ4v) is 4.77. The Morgan fingerprint density at radius 2 is 1.76 bits per heavy atom. The number of carbonyl (C=O) groups is 3. The quantitative estimate of drug-likeness (QED) is 0.574. The molecule has 9 nitrogen and oxygen atoms in total. The van der Waals surface area contributed by atoms with E-state index >= 15 is 0 Å². The van der Waals surface area contributed by atoms with E-state index in [0.717, 1.165) is 18.2 Å². The second-order valence-corrected chi connectivity index (χ2v) is 10.3. The van der Waals surface area contributed by atoms with Crippen LogP contribution < -0.4 is 10.6 Å². The van der Waals surface area contributed by atoms with Crippen molar-refractivity contribution in [3.63, 3.8) is 0 Å². The molecule has 4 amide bonds. The van der Waals surface area contributed by atoms with Crippen LogP contribution in [0.3, 0.4) is 0 Å². The number of hydrogen-bond acceptors (Lipinski definition) is 5. The molecule has 1 unspecified atom stereocenters. The molecule has 0 radical (unpaired) electrons. The van der Waals surface area contributed by atoms with Crippen LogP contribution in [-0.2, 0) is 25.2 Å². The number of rotatable bonds is 7. The van der Waals surface area contributed by atoms with Gasteiger partial charge in [-0.15, -0.1) is 0 Å². The molecule has 1 fully saturated rings. The number of benzene rings is 2. The van der Waals surface area contributed by atoms with Gasteiger partial charge in [0.15, 0.2) is 0 Å². The summed E-state index contributed by atoms with van der Waals surface area (Å²) in [5.41, 5.74) is -2.01. The summed E-state index contributed by atoms with van der Waals surface area (Å²) in [4.78, 5) is 38.3. The zero-order chi connectivity index (χ0) is 25.4. The highest BCUT2D eigenvalue weighted by molar-refractivity contribution is 7.89. The molecule has 0 spiro atoms. The van der Waals surface area contributed by atoms with E-state index in [1.807, 2.05) is 0 Å². The first kappa shape index (κ1) is 25.2. The van der Waals surface area contributed by atoms with Gasteiger partial charge in [0.2, 0.25) is 15.9 Å². The van der Waals surface area contributed by atoms with Crippen LogP contribution in [0.25, 0.3) is 0 Å². The van der Waals surface area contributed by atoms with Gasteiger partial charge in [0.05, 0.1) is 4.90 Å². The Hall–Kier alpha value is -3.38. The van der Waals surface area contributed by atoms with E-state index < -0.39 is 51.6 Å². The monoisotopic (exact) mass is 494 g/mol. The average molecular weight is 495 g/mol. The van der Waals surface area contributed by atoms with Crippen molar-refractivity contribution in [2.45, 2.75) is 37.2 Å². The molecule has 1 atom stereocenters. The predicted octanol–water partition coefficient (Wildman–Crippen LogP) is 2.40. The molecule has 0 saturated carbocycles. The zero-order valence-electron chi connectivity index (χ0n) is 18.9. The highest BCUT2D eigenvalue weighted by Crippen LogP contribution is 2.31. The predicted molar refractivity (Wildman–Crippen MR) is 119 cm³/mol. The molecule has 2 aromatic carbocycles. The molecule has 1 aliphatic heterocycles. The Morgan fingerprint density at radius 1 is 1.15 bits per heavy atom. The van der Waals surface area contributed by atoms with E-state index in [4.69, 9.17) is 0 Å². The fraction of sp³-hybridized carbons (Fsp3) is 0.318. The van der Waals surface area contributed by atoms with Crippen LogP contribution in [0.4, 0.5) is 19.3 Å². The van der Waals surface area contributed by atoms with Gasteiger partial charge in [-0.2, -0.15) is 4.31 Å². The lowest BCUT2D eigenvalue weighted by atomic mass is 9.91. The van der Waals surface area contributed by atoms with Crippen LogP contribution >= 0.6 is 0 Å². The second kappa shape index (κ2) is 9.11. The number of urea groups is 1. The van der Waals surface area contributed by atoms with Crippen LogP contribution in [0.2, 0.25) is 0 Å². The first-order valence-electron chi connectivity index (χ1n) is 10.2. The standard InChI is InChI=1S/C22H24F2N4O5S/c1-13(2)27(4)34(32,33)16-8-6-15(7-9-16)25-19(29)12-28-20(30)22(3,26-21(28)31)17-11-14(23)5-10-18(17)24/h5-11,13H,12H2,1-4H3,(H,25,29)(H,26,31). The first-order chi connectivity index (χ1) is 15.8. The highest BCUT2D eigenvalue weighted by Gasteiger charge is 2.50. The molecule has 0 aliphatic carbocycles. The second-order valence-electron chi connectivity index (χ2n) is 8.26. The number of sulfonamides is 1. The van der Waals surface area contributed by atoms with E-state index in [1.165, 1.54) is 42.5 Å². The molecule has 2 N–H and O–H groups in total. The van der Waals surface area contributed by atoms with Gasteiger partial charge in [0, 0.05) is 24.3 Å². The molecule has 12 heteroatoms. The Labute approximate surface area is 195 Å². The lowest BCUT2D eigenvalue weighted by Gasteiger charge is -2.22. The van der Waals surface area contributed by atoms with Crippen molar-refractivity contribution in [2.75, 3.05) is 18.9 Å². The van der Waals surface area contributed by atoms with Crippen molar-refractivity contribution in [1.29, 1.82) is 0 Å². The molecule has 1 aliphatic rings. The molecule has 34 heavy (non-hydrogen) atoms. The van der Waals surface area contributed by atoms with Gasteiger partial charge in [-0.25, -0.2) is 22.0 Å². The summed E-state index contributed by atoms with van der Waals surface area (Å²) in [5.74, 6) is -3.35. The third kappa shape index (κ3) is 4.64. The third-order valence-electron chi connectivity index (χ3n) is 5.59. The summed E-state index contributed by atoms with van der Waals surface area (Å²) >= 11 is 0. The average Bonchev–Trinajstić information content (AvgIpc) is 2.98. The molecule has 3 rings (SSSR count). The van der Waals surface area contributed by atoms with Gasteiger partial charge >= 0.3 is 6.03 Å². The summed E-state index contributed by atoms with van der Waals surface area (Å²) in [7, 11) is -2.25. The minimum Gasteiger partial charge on any atom is -0.325 e. The Kier molecular flexibility index (Phi) is 6.76. The van der Waals surface area contributed by atoms with E-state index in [9.17, 15) is 31.6 Å². The van der Waals surface area contributed by atoms with Crippen molar-refractivity contribution in [3.8, 4) is 0 Å². The molecular formula is C22H24F2N4O5S. The lowest BCUT2D eigenvalue weighted by Crippen LogP contribution is -2.42. The maximum absolute atomic E-state index is 14.2. The van der Waals surface area contributed by atoms with Gasteiger partial charge in [-0.1, -0.05) is 0 Å². The topological polar surface area (TPSA) is 116 Å². The maximum atomic E-state index is 14.2. The SMILES string of the molecule is CC(C)N(C)S(=O)(=O)c1ccc(NC(=O)CN2C(=O)NC(C)(c3cc(F)ccc3F)C2=O)cc1. The maximum Gasteiger partial charge on any atom is 0.325 e. The molecule has 2 aromatic rings. The number of nitrogens with zero attached hydrogens (tertiary/aromatic N) is 2. The highest BCUT2D eigenvalue weighted by atomic mass is 32.2. The van der Waals surface area contributed by atoms with Gasteiger partial charge in [-0.05, 0) is 63.2 Å². The summed E-state index contributed by atoms with van der Waals surface area (Å²) in [6, 6.07) is 6.73. The summed E-state index contributed by atoms with van der Waals surface area (Å²) in [5, 5.41) is 4.78. The first-order valence-corrected chi connectivity index (χ1v) is 11.7. The molecule has 1 heterocycles. The fourth-order valence-electron chi connectivity index (χ4n) is 3.40. The van der Waals surface area contributed by atoms with Crippen molar-refractivity contribution in [2.24, 2.45) is 0 Å². The van der Waals surface area contributed by atoms with Crippen LogP contribution in [0, 0.1) is 11.6 Å². The number of amides is 4. The van der Waals surface area contributed by atoms with Gasteiger partial charge < -0.3 is 10.6 Å². The Balaban J connectivity index is 1.72. The third-order valence-corrected chi connectivity index (χ3v) is 7.63. The lowest BCUT2D eigenvalue weighted by molar-refractivity contribution is -0.133. The largest absolute Gasteiger partial charge is 0.325 e. The van der Waals surface area contributed by atoms with Crippen LogP contribution in [0.15, 0.2) is 47.4 Å². The molecule has 1 saturated heterocycles. The van der Waals surface area contributed by atoms with Crippen LogP contribution in [0.5, 0.6) is 0 Å². The van der Waals surface area contributed by atoms with E-state index in [2.05, 4.69) is 10.6 Å². The number of hydrogen-bond donors (Lipinski definition) is 2. The molecule has 182 valence electrons. The summed E-state index contributed by atoms with van der Waals surface area (Å²) in [6.07, 6.45) is 0. The smallest absolute Gasteiger partial charge is 0.325 e. The Bertz CT molecular complexity index is 1250. The van der Waals surface area contributed by atoms with E-state index in [1.54, 1.807) is 13.8 Å². The van der Waals surface area contributed by atoms with Gasteiger partial charge in [-0.3, -0.25) is 14.5 Å². The number of halogens is 2. The van der Waals surface area contributed by atoms with Crippen molar-refractivity contribution in [1.82, 2.24) is 14.5 Å². The van der Waals surface area contributed by atoms with Crippen LogP contribution in [0.1, 0.15) is 26.3 Å². The van der Waals surface area contributed by atoms with Gasteiger partial charge in [0.1, 0.15) is 23.7 Å². The number of anilines is 1. The summed E-state index contributed by atoms with van der Waals surface area (Å²) < 4.78 is 54.1. The molecular weight excluding hydrogens is 470 g/mol. The van der Waals surface area contributed by atoms with Gasteiger partial charge in [0.25, 0.3) is 5.91 Å². The van der Waals surface area contributed by atoms with Crippen molar-refractivity contribution < 1.29 is 31.6 Å². The molecule has 0 aromatic heterocycles. The number of imide groups is 1. The normalized spacial score (nSPS) is 18.5. The van der Waals surface area contributed by atoms with E-state index in [-0.39, 0.29) is 22.2 Å².